The quantitative estimate of drug-likeness (QED) is 0.777. The van der Waals surface area contributed by atoms with Crippen molar-refractivity contribution in [3.63, 3.8) is 0 Å². The topological polar surface area (TPSA) is 54.4 Å². The lowest BCUT2D eigenvalue weighted by atomic mass is 10.0. The van der Waals surface area contributed by atoms with Crippen LogP contribution in [-0.4, -0.2) is 16.9 Å². The molecule has 3 nitrogen and oxygen atoms in total. The minimum absolute atomic E-state index is 0.163. The second-order valence-corrected chi connectivity index (χ2v) is 4.33. The zero-order valence-electron chi connectivity index (χ0n) is 9.51. The van der Waals surface area contributed by atoms with Gasteiger partial charge in [0.1, 0.15) is 0 Å². The van der Waals surface area contributed by atoms with Crippen molar-refractivity contribution in [2.45, 2.75) is 6.42 Å². The highest BCUT2D eigenvalue weighted by molar-refractivity contribution is 6.21. The molecule has 0 atom stereocenters. The average Bonchev–Trinajstić information content (AvgIpc) is 2.66. The van der Waals surface area contributed by atoms with Gasteiger partial charge in [0.05, 0.1) is 0 Å². The molecular weight excluding hydrogens is 228 g/mol. The predicted octanol–water partition coefficient (Wildman–Crippen LogP) is 2.59. The number of benzene rings is 2. The molecule has 0 fully saturated rings. The van der Waals surface area contributed by atoms with Gasteiger partial charge in [0.2, 0.25) is 0 Å². The van der Waals surface area contributed by atoms with Gasteiger partial charge < -0.3 is 5.11 Å². The summed E-state index contributed by atoms with van der Waals surface area (Å²) in [6.07, 6.45) is 1.42. The second kappa shape index (κ2) is 3.81. The third-order valence-corrected chi connectivity index (χ3v) is 3.21. The number of hydrogen-bond acceptors (Lipinski definition) is 2. The van der Waals surface area contributed by atoms with Gasteiger partial charge in [-0.15, -0.1) is 0 Å². The smallest absolute Gasteiger partial charge is 0.328 e. The van der Waals surface area contributed by atoms with Crippen molar-refractivity contribution >= 4 is 22.5 Å². The van der Waals surface area contributed by atoms with Crippen molar-refractivity contribution in [1.29, 1.82) is 0 Å². The van der Waals surface area contributed by atoms with E-state index in [4.69, 9.17) is 5.11 Å². The van der Waals surface area contributed by atoms with Crippen molar-refractivity contribution in [2.75, 3.05) is 0 Å². The molecule has 3 heteroatoms. The summed E-state index contributed by atoms with van der Waals surface area (Å²) in [6.45, 7) is 0. The first-order valence-electron chi connectivity index (χ1n) is 5.65. The van der Waals surface area contributed by atoms with E-state index in [0.717, 1.165) is 22.4 Å². The maximum Gasteiger partial charge on any atom is 0.328 e. The summed E-state index contributed by atoms with van der Waals surface area (Å²) in [5.41, 5.74) is 1.92. The van der Waals surface area contributed by atoms with Crippen LogP contribution in [0.2, 0.25) is 0 Å². The number of carbonyl (C=O) groups is 2. The van der Waals surface area contributed by atoms with Gasteiger partial charge >= 0.3 is 5.97 Å². The first kappa shape index (κ1) is 10.7. The Morgan fingerprint density at radius 1 is 1.17 bits per heavy atom. The molecule has 2 aromatic rings. The van der Waals surface area contributed by atoms with Crippen LogP contribution in [0.25, 0.3) is 10.8 Å². The number of fused-ring (bicyclic) bond motifs is 3. The summed E-state index contributed by atoms with van der Waals surface area (Å²) in [6, 6.07) is 11.5. The number of ketones is 1. The molecule has 0 bridgehead atoms. The zero-order chi connectivity index (χ0) is 12.7. The number of carbonyl (C=O) groups excluding carboxylic acids is 1. The predicted molar refractivity (Wildman–Crippen MR) is 67.7 cm³/mol. The Bertz CT molecular complexity index is 711. The van der Waals surface area contributed by atoms with Crippen LogP contribution >= 0.6 is 0 Å². The van der Waals surface area contributed by atoms with E-state index in [1.165, 1.54) is 0 Å². The van der Waals surface area contributed by atoms with Crippen molar-refractivity contribution in [2.24, 2.45) is 0 Å². The molecule has 1 N–H and O–H groups in total. The molecule has 0 heterocycles. The van der Waals surface area contributed by atoms with Gasteiger partial charge in [-0.05, 0) is 16.3 Å². The number of carboxylic acid groups (broad SMARTS) is 1. The fraction of sp³-hybridized carbons (Fsp3) is 0.0667. The zero-order valence-corrected chi connectivity index (χ0v) is 9.51. The summed E-state index contributed by atoms with van der Waals surface area (Å²) in [5, 5.41) is 10.7. The van der Waals surface area contributed by atoms with Crippen LogP contribution in [0.15, 0.2) is 48.0 Å². The van der Waals surface area contributed by atoms with E-state index in [0.29, 0.717) is 17.6 Å². The van der Waals surface area contributed by atoms with Crippen molar-refractivity contribution in [3.05, 3.63) is 59.2 Å². The maximum absolute atomic E-state index is 12.2. The minimum atomic E-state index is -1.07. The Balaban J connectivity index is 2.25. The van der Waals surface area contributed by atoms with Gasteiger partial charge in [-0.3, -0.25) is 4.79 Å². The molecule has 0 amide bonds. The highest BCUT2D eigenvalue weighted by Crippen LogP contribution is 2.32. The molecule has 1 aliphatic carbocycles. The largest absolute Gasteiger partial charge is 0.478 e. The molecule has 88 valence electrons. The summed E-state index contributed by atoms with van der Waals surface area (Å²) >= 11 is 0. The highest BCUT2D eigenvalue weighted by atomic mass is 16.4. The van der Waals surface area contributed by atoms with Crippen LogP contribution in [0, 0.1) is 0 Å². The Morgan fingerprint density at radius 2 is 1.94 bits per heavy atom. The van der Waals surface area contributed by atoms with Crippen molar-refractivity contribution in [1.82, 2.24) is 0 Å². The fourth-order valence-corrected chi connectivity index (χ4v) is 2.44. The molecule has 0 saturated carbocycles. The van der Waals surface area contributed by atoms with Gasteiger partial charge in [0.15, 0.2) is 5.78 Å². The van der Waals surface area contributed by atoms with Crippen LogP contribution in [0.1, 0.15) is 15.9 Å². The third kappa shape index (κ3) is 1.52. The van der Waals surface area contributed by atoms with Gasteiger partial charge in [-0.2, -0.15) is 0 Å². The molecule has 0 saturated heterocycles. The lowest BCUT2D eigenvalue weighted by molar-refractivity contribution is -0.131. The average molecular weight is 238 g/mol. The maximum atomic E-state index is 12.2. The van der Waals surface area contributed by atoms with Crippen LogP contribution in [0.4, 0.5) is 0 Å². The third-order valence-electron chi connectivity index (χ3n) is 3.21. The monoisotopic (exact) mass is 238 g/mol. The molecule has 0 spiro atoms. The standard InChI is InChI=1S/C15H10O3/c16-13(17)8-11-7-10-6-5-9-3-1-2-4-12(9)14(10)15(11)18/h1-6,8H,7H2,(H,16,17). The Labute approximate surface area is 103 Å². The number of carboxylic acids is 1. The molecule has 3 rings (SSSR count). The van der Waals surface area contributed by atoms with E-state index in [2.05, 4.69) is 0 Å². The van der Waals surface area contributed by atoms with Gasteiger partial charge in [0, 0.05) is 23.6 Å². The first-order valence-corrected chi connectivity index (χ1v) is 5.65. The Morgan fingerprint density at radius 3 is 2.72 bits per heavy atom. The van der Waals surface area contributed by atoms with Crippen LogP contribution in [-0.2, 0) is 11.2 Å². The van der Waals surface area contributed by atoms with Crippen LogP contribution < -0.4 is 0 Å². The van der Waals surface area contributed by atoms with E-state index in [9.17, 15) is 9.59 Å². The number of rotatable bonds is 1. The summed E-state index contributed by atoms with van der Waals surface area (Å²) in [5.74, 6) is -1.24. The van der Waals surface area contributed by atoms with Crippen molar-refractivity contribution in [3.8, 4) is 0 Å². The lowest BCUT2D eigenvalue weighted by Crippen LogP contribution is -2.00. The van der Waals surface area contributed by atoms with Crippen LogP contribution in [0.3, 0.4) is 0 Å². The van der Waals surface area contributed by atoms with Gasteiger partial charge in [-0.1, -0.05) is 36.4 Å². The molecule has 2 aromatic carbocycles. The van der Waals surface area contributed by atoms with Gasteiger partial charge in [-0.25, -0.2) is 4.79 Å². The first-order chi connectivity index (χ1) is 8.66. The van der Waals surface area contributed by atoms with Crippen LogP contribution in [0.5, 0.6) is 0 Å². The molecular formula is C15H10O3. The fourth-order valence-electron chi connectivity index (χ4n) is 2.44. The summed E-state index contributed by atoms with van der Waals surface area (Å²) in [4.78, 5) is 22.9. The number of hydrogen-bond donors (Lipinski definition) is 1. The van der Waals surface area contributed by atoms with E-state index in [1.807, 2.05) is 36.4 Å². The number of allylic oxidation sites excluding steroid dienone is 1. The normalized spacial score (nSPS) is 16.2. The second-order valence-electron chi connectivity index (χ2n) is 4.33. The van der Waals surface area contributed by atoms with E-state index in [-0.39, 0.29) is 5.78 Å². The van der Waals surface area contributed by atoms with Gasteiger partial charge in [0.25, 0.3) is 0 Å². The SMILES string of the molecule is O=C(O)C=C1Cc2ccc3ccccc3c2C1=O. The molecule has 1 aliphatic rings. The minimum Gasteiger partial charge on any atom is -0.478 e. The number of aliphatic carboxylic acids is 1. The molecule has 0 radical (unpaired) electrons. The molecule has 18 heavy (non-hydrogen) atoms. The summed E-state index contributed by atoms with van der Waals surface area (Å²) in [7, 11) is 0. The molecule has 0 aromatic heterocycles. The highest BCUT2D eigenvalue weighted by Gasteiger charge is 2.27. The van der Waals surface area contributed by atoms with E-state index in [1.54, 1.807) is 0 Å². The number of Topliss-reactive ketones (excluding diaryl/α,β-unsaturated/α-hetero) is 1. The molecule has 0 unspecified atom stereocenters. The Kier molecular flexibility index (Phi) is 2.27. The molecule has 0 aliphatic heterocycles. The lowest BCUT2D eigenvalue weighted by Gasteiger charge is -2.02. The van der Waals surface area contributed by atoms with E-state index >= 15 is 0 Å². The summed E-state index contributed by atoms with van der Waals surface area (Å²) < 4.78 is 0. The van der Waals surface area contributed by atoms with Crippen molar-refractivity contribution < 1.29 is 14.7 Å². The Hall–Kier alpha value is -2.42. The van der Waals surface area contributed by atoms with E-state index < -0.39 is 5.97 Å².